The van der Waals surface area contributed by atoms with E-state index in [4.69, 9.17) is 5.73 Å². The molecule has 3 nitrogen and oxygen atoms in total. The van der Waals surface area contributed by atoms with E-state index in [1.165, 1.54) is 11.3 Å². The number of benzene rings is 1. The average Bonchev–Trinajstić information content (AvgIpc) is 2.79. The topological polar surface area (TPSA) is 42.2 Å². The van der Waals surface area contributed by atoms with E-state index >= 15 is 0 Å². The number of hydrogen-bond acceptors (Lipinski definition) is 4. The van der Waals surface area contributed by atoms with Gasteiger partial charge in [0.1, 0.15) is 0 Å². The van der Waals surface area contributed by atoms with Crippen molar-refractivity contribution in [3.05, 3.63) is 40.9 Å². The molecule has 0 radical (unpaired) electrons. The van der Waals surface area contributed by atoms with Crippen molar-refractivity contribution >= 4 is 22.2 Å². The zero-order valence-electron chi connectivity index (χ0n) is 10.2. The van der Waals surface area contributed by atoms with E-state index in [0.29, 0.717) is 6.54 Å². The third-order valence-electron chi connectivity index (χ3n) is 2.60. The highest BCUT2D eigenvalue weighted by molar-refractivity contribution is 7.15. The summed E-state index contributed by atoms with van der Waals surface area (Å²) in [5.74, 6) is 0. The molecule has 1 heterocycles. The Morgan fingerprint density at radius 1 is 1.41 bits per heavy atom. The van der Waals surface area contributed by atoms with Gasteiger partial charge >= 0.3 is 0 Å². The lowest BCUT2D eigenvalue weighted by molar-refractivity contribution is 1.01. The van der Waals surface area contributed by atoms with Crippen molar-refractivity contribution in [1.82, 2.24) is 4.98 Å². The molecule has 0 aliphatic rings. The molecule has 0 aliphatic carbocycles. The molecule has 0 unspecified atom stereocenters. The van der Waals surface area contributed by atoms with E-state index in [1.54, 1.807) is 11.3 Å². The first-order valence-electron chi connectivity index (χ1n) is 5.73. The van der Waals surface area contributed by atoms with Crippen LogP contribution in [0.4, 0.5) is 10.8 Å². The first-order chi connectivity index (χ1) is 8.24. The minimum Gasteiger partial charge on any atom is -0.326 e. The molecule has 0 fully saturated rings. The first-order valence-corrected chi connectivity index (χ1v) is 6.55. The van der Waals surface area contributed by atoms with Crippen molar-refractivity contribution in [3.63, 3.8) is 0 Å². The molecule has 0 atom stereocenters. The molecule has 2 rings (SSSR count). The maximum atomic E-state index is 5.62. The SMILES string of the molecule is CCN(c1cccc(C)c1)c1ncc(CN)s1. The van der Waals surface area contributed by atoms with Gasteiger partial charge in [-0.25, -0.2) is 4.98 Å². The zero-order valence-corrected chi connectivity index (χ0v) is 11.0. The predicted octanol–water partition coefficient (Wildman–Crippen LogP) is 3.07. The van der Waals surface area contributed by atoms with Gasteiger partial charge in [-0.05, 0) is 31.5 Å². The van der Waals surface area contributed by atoms with Crippen LogP contribution >= 0.6 is 11.3 Å². The van der Waals surface area contributed by atoms with Crippen LogP contribution in [0.3, 0.4) is 0 Å². The van der Waals surface area contributed by atoms with Gasteiger partial charge in [0.05, 0.1) is 0 Å². The van der Waals surface area contributed by atoms with Crippen LogP contribution in [0.25, 0.3) is 0 Å². The normalized spacial score (nSPS) is 10.5. The van der Waals surface area contributed by atoms with Crippen LogP contribution in [-0.4, -0.2) is 11.5 Å². The second-order valence-corrected chi connectivity index (χ2v) is 4.99. The predicted molar refractivity (Wildman–Crippen MR) is 73.9 cm³/mol. The Hall–Kier alpha value is -1.39. The van der Waals surface area contributed by atoms with Gasteiger partial charge in [0.2, 0.25) is 0 Å². The van der Waals surface area contributed by atoms with Crippen molar-refractivity contribution in [2.45, 2.75) is 20.4 Å². The van der Waals surface area contributed by atoms with Gasteiger partial charge in [0, 0.05) is 29.9 Å². The van der Waals surface area contributed by atoms with Crippen LogP contribution in [0, 0.1) is 6.92 Å². The van der Waals surface area contributed by atoms with Gasteiger partial charge in [-0.1, -0.05) is 12.1 Å². The molecule has 0 aliphatic heterocycles. The van der Waals surface area contributed by atoms with Crippen LogP contribution < -0.4 is 10.6 Å². The van der Waals surface area contributed by atoms with Gasteiger partial charge in [0.15, 0.2) is 5.13 Å². The van der Waals surface area contributed by atoms with Gasteiger partial charge in [-0.3, -0.25) is 0 Å². The summed E-state index contributed by atoms with van der Waals surface area (Å²) in [6.45, 7) is 5.69. The fraction of sp³-hybridized carbons (Fsp3) is 0.308. The summed E-state index contributed by atoms with van der Waals surface area (Å²) in [7, 11) is 0. The second-order valence-electron chi connectivity index (χ2n) is 3.90. The summed E-state index contributed by atoms with van der Waals surface area (Å²) in [6.07, 6.45) is 1.86. The number of anilines is 2. The molecule has 0 amide bonds. The Morgan fingerprint density at radius 3 is 2.82 bits per heavy atom. The molecule has 17 heavy (non-hydrogen) atoms. The Morgan fingerprint density at radius 2 is 2.24 bits per heavy atom. The summed E-state index contributed by atoms with van der Waals surface area (Å²) < 4.78 is 0. The number of nitrogens with zero attached hydrogens (tertiary/aromatic N) is 2. The first kappa shape index (κ1) is 12.1. The third-order valence-corrected chi connectivity index (χ3v) is 3.65. The Labute approximate surface area is 106 Å². The fourth-order valence-corrected chi connectivity index (χ4v) is 2.61. The Balaban J connectivity index is 2.33. The highest BCUT2D eigenvalue weighted by Gasteiger charge is 2.11. The molecule has 0 bridgehead atoms. The van der Waals surface area contributed by atoms with Crippen LogP contribution in [0.5, 0.6) is 0 Å². The molecule has 4 heteroatoms. The highest BCUT2D eigenvalue weighted by Crippen LogP contribution is 2.29. The number of aromatic nitrogens is 1. The smallest absolute Gasteiger partial charge is 0.190 e. The van der Waals surface area contributed by atoms with E-state index in [2.05, 4.69) is 48.0 Å². The average molecular weight is 247 g/mol. The summed E-state index contributed by atoms with van der Waals surface area (Å²) in [5.41, 5.74) is 8.07. The molecule has 0 spiro atoms. The van der Waals surface area contributed by atoms with E-state index < -0.39 is 0 Å². The van der Waals surface area contributed by atoms with Crippen molar-refractivity contribution in [2.75, 3.05) is 11.4 Å². The maximum absolute atomic E-state index is 5.62. The summed E-state index contributed by atoms with van der Waals surface area (Å²) in [6, 6.07) is 8.46. The summed E-state index contributed by atoms with van der Waals surface area (Å²) >= 11 is 1.66. The van der Waals surface area contributed by atoms with Crippen LogP contribution in [-0.2, 0) is 6.54 Å². The number of rotatable bonds is 4. The van der Waals surface area contributed by atoms with Crippen molar-refractivity contribution in [1.29, 1.82) is 0 Å². The largest absolute Gasteiger partial charge is 0.326 e. The molecular weight excluding hydrogens is 230 g/mol. The Kier molecular flexibility index (Phi) is 3.76. The number of hydrogen-bond donors (Lipinski definition) is 1. The number of aryl methyl sites for hydroxylation is 1. The van der Waals surface area contributed by atoms with Gasteiger partial charge in [-0.2, -0.15) is 0 Å². The van der Waals surface area contributed by atoms with Crippen LogP contribution in [0.2, 0.25) is 0 Å². The Bertz CT molecular complexity index is 493. The van der Waals surface area contributed by atoms with Crippen LogP contribution in [0.1, 0.15) is 17.4 Å². The van der Waals surface area contributed by atoms with E-state index in [9.17, 15) is 0 Å². The van der Waals surface area contributed by atoms with E-state index in [-0.39, 0.29) is 0 Å². The number of nitrogens with two attached hydrogens (primary N) is 1. The molecule has 90 valence electrons. The van der Waals surface area contributed by atoms with Crippen LogP contribution in [0.15, 0.2) is 30.5 Å². The summed E-state index contributed by atoms with van der Waals surface area (Å²) in [5, 5.41) is 1.01. The van der Waals surface area contributed by atoms with Gasteiger partial charge < -0.3 is 10.6 Å². The standard InChI is InChI=1S/C13H17N3S/c1-3-16(11-6-4-5-10(2)7-11)13-15-9-12(8-14)17-13/h4-7,9H,3,8,14H2,1-2H3. The van der Waals surface area contributed by atoms with E-state index in [1.807, 2.05) is 6.20 Å². The minimum absolute atomic E-state index is 0.559. The third kappa shape index (κ3) is 2.65. The van der Waals surface area contributed by atoms with Crippen molar-refractivity contribution < 1.29 is 0 Å². The quantitative estimate of drug-likeness (QED) is 0.903. The fourth-order valence-electron chi connectivity index (χ4n) is 1.74. The maximum Gasteiger partial charge on any atom is 0.190 e. The highest BCUT2D eigenvalue weighted by atomic mass is 32.1. The lowest BCUT2D eigenvalue weighted by Crippen LogP contribution is -2.15. The van der Waals surface area contributed by atoms with Gasteiger partial charge in [-0.15, -0.1) is 11.3 Å². The number of thiazole rings is 1. The minimum atomic E-state index is 0.559. The lowest BCUT2D eigenvalue weighted by Gasteiger charge is -2.20. The molecular formula is C13H17N3S. The summed E-state index contributed by atoms with van der Waals surface area (Å²) in [4.78, 5) is 7.75. The molecule has 2 aromatic rings. The molecule has 2 N–H and O–H groups in total. The molecule has 0 saturated heterocycles. The molecule has 0 saturated carbocycles. The van der Waals surface area contributed by atoms with Crippen molar-refractivity contribution in [2.24, 2.45) is 5.73 Å². The van der Waals surface area contributed by atoms with Gasteiger partial charge in [0.25, 0.3) is 0 Å². The molecule has 1 aromatic carbocycles. The van der Waals surface area contributed by atoms with E-state index in [0.717, 1.165) is 16.6 Å². The zero-order chi connectivity index (χ0) is 12.3. The lowest BCUT2D eigenvalue weighted by atomic mass is 10.2. The van der Waals surface area contributed by atoms with Crippen molar-refractivity contribution in [3.8, 4) is 0 Å². The second kappa shape index (κ2) is 5.29. The monoisotopic (exact) mass is 247 g/mol. The molecule has 1 aromatic heterocycles.